The largest absolute Gasteiger partial charge is 0.377 e. The SMILES string of the molecule is CCC(C)C1COC(CI)C1. The van der Waals surface area contributed by atoms with Gasteiger partial charge in [0.2, 0.25) is 0 Å². The van der Waals surface area contributed by atoms with E-state index in [9.17, 15) is 0 Å². The molecule has 1 aliphatic rings. The summed E-state index contributed by atoms with van der Waals surface area (Å²) >= 11 is 2.41. The average molecular weight is 268 g/mol. The van der Waals surface area contributed by atoms with Gasteiger partial charge in [0.05, 0.1) is 12.7 Å². The van der Waals surface area contributed by atoms with Crippen molar-refractivity contribution in [3.63, 3.8) is 0 Å². The molecule has 0 aliphatic carbocycles. The van der Waals surface area contributed by atoms with Gasteiger partial charge in [-0.2, -0.15) is 0 Å². The number of ether oxygens (including phenoxy) is 1. The summed E-state index contributed by atoms with van der Waals surface area (Å²) in [5, 5.41) is 0. The summed E-state index contributed by atoms with van der Waals surface area (Å²) in [5.41, 5.74) is 0. The molecule has 0 spiro atoms. The van der Waals surface area contributed by atoms with Gasteiger partial charge < -0.3 is 4.74 Å². The molecule has 3 atom stereocenters. The fraction of sp³-hybridized carbons (Fsp3) is 1.00. The van der Waals surface area contributed by atoms with E-state index < -0.39 is 0 Å². The molecule has 1 saturated heterocycles. The lowest BCUT2D eigenvalue weighted by Gasteiger charge is -2.14. The quantitative estimate of drug-likeness (QED) is 0.565. The van der Waals surface area contributed by atoms with Crippen LogP contribution in [0.15, 0.2) is 0 Å². The Morgan fingerprint density at radius 3 is 2.82 bits per heavy atom. The van der Waals surface area contributed by atoms with E-state index >= 15 is 0 Å². The standard InChI is InChI=1S/C9H17IO/c1-3-7(2)8-4-9(5-10)11-6-8/h7-9H,3-6H2,1-2H3. The fourth-order valence-electron chi connectivity index (χ4n) is 1.57. The van der Waals surface area contributed by atoms with Crippen molar-refractivity contribution in [3.8, 4) is 0 Å². The lowest BCUT2D eigenvalue weighted by atomic mass is 9.90. The molecular formula is C9H17IO. The highest BCUT2D eigenvalue weighted by molar-refractivity contribution is 14.1. The smallest absolute Gasteiger partial charge is 0.0668 e. The maximum atomic E-state index is 5.63. The van der Waals surface area contributed by atoms with Crippen LogP contribution in [0, 0.1) is 11.8 Å². The fourth-order valence-corrected chi connectivity index (χ4v) is 2.18. The first-order chi connectivity index (χ1) is 5.27. The molecule has 0 aromatic carbocycles. The van der Waals surface area contributed by atoms with Gasteiger partial charge in [0.15, 0.2) is 0 Å². The summed E-state index contributed by atoms with van der Waals surface area (Å²) in [6.07, 6.45) is 3.13. The van der Waals surface area contributed by atoms with Gasteiger partial charge in [0.1, 0.15) is 0 Å². The Bertz CT molecular complexity index is 116. The molecule has 0 N–H and O–H groups in total. The summed E-state index contributed by atoms with van der Waals surface area (Å²) in [5.74, 6) is 1.68. The molecular weight excluding hydrogens is 251 g/mol. The molecule has 0 radical (unpaired) electrons. The summed E-state index contributed by atoms with van der Waals surface area (Å²) in [7, 11) is 0. The molecule has 11 heavy (non-hydrogen) atoms. The van der Waals surface area contributed by atoms with Crippen LogP contribution >= 0.6 is 22.6 Å². The first-order valence-electron chi connectivity index (χ1n) is 4.45. The van der Waals surface area contributed by atoms with Crippen LogP contribution in [0.2, 0.25) is 0 Å². The maximum absolute atomic E-state index is 5.63. The minimum Gasteiger partial charge on any atom is -0.377 e. The van der Waals surface area contributed by atoms with E-state index in [-0.39, 0.29) is 0 Å². The molecule has 0 aromatic rings. The number of halogens is 1. The third kappa shape index (κ3) is 2.58. The second-order valence-corrected chi connectivity index (χ2v) is 4.37. The molecule has 1 nitrogen and oxygen atoms in total. The van der Waals surface area contributed by atoms with E-state index in [4.69, 9.17) is 4.74 Å². The molecule has 1 rings (SSSR count). The van der Waals surface area contributed by atoms with E-state index in [1.54, 1.807) is 0 Å². The summed E-state index contributed by atoms with van der Waals surface area (Å²) in [4.78, 5) is 0. The van der Waals surface area contributed by atoms with Crippen LogP contribution in [-0.2, 0) is 4.74 Å². The monoisotopic (exact) mass is 268 g/mol. The zero-order valence-electron chi connectivity index (χ0n) is 7.35. The van der Waals surface area contributed by atoms with E-state index in [2.05, 4.69) is 36.4 Å². The van der Waals surface area contributed by atoms with Gasteiger partial charge in [-0.25, -0.2) is 0 Å². The molecule has 0 saturated carbocycles. The normalized spacial score (nSPS) is 34.1. The van der Waals surface area contributed by atoms with E-state index in [1.807, 2.05) is 0 Å². The summed E-state index contributed by atoms with van der Waals surface area (Å²) < 4.78 is 6.79. The second-order valence-electron chi connectivity index (χ2n) is 3.49. The van der Waals surface area contributed by atoms with Gasteiger partial charge in [-0.3, -0.25) is 0 Å². The molecule has 0 bridgehead atoms. The predicted molar refractivity (Wildman–Crippen MR) is 56.2 cm³/mol. The third-order valence-corrected chi connectivity index (χ3v) is 3.71. The zero-order valence-corrected chi connectivity index (χ0v) is 9.50. The van der Waals surface area contributed by atoms with Crippen molar-refractivity contribution in [1.82, 2.24) is 0 Å². The Balaban J connectivity index is 2.29. The van der Waals surface area contributed by atoms with E-state index in [1.165, 1.54) is 12.8 Å². The highest BCUT2D eigenvalue weighted by atomic mass is 127. The van der Waals surface area contributed by atoms with Crippen LogP contribution in [-0.4, -0.2) is 17.1 Å². The van der Waals surface area contributed by atoms with Crippen LogP contribution in [0.25, 0.3) is 0 Å². The molecule has 66 valence electrons. The van der Waals surface area contributed by atoms with Crippen molar-refractivity contribution >= 4 is 22.6 Å². The lowest BCUT2D eigenvalue weighted by Crippen LogP contribution is -2.11. The first kappa shape index (κ1) is 9.78. The van der Waals surface area contributed by atoms with Crippen LogP contribution in [0.3, 0.4) is 0 Å². The second kappa shape index (κ2) is 4.65. The highest BCUT2D eigenvalue weighted by Gasteiger charge is 2.27. The van der Waals surface area contributed by atoms with Gasteiger partial charge in [-0.1, -0.05) is 42.9 Å². The Hall–Kier alpha value is 0.690. The van der Waals surface area contributed by atoms with Crippen molar-refractivity contribution in [3.05, 3.63) is 0 Å². The van der Waals surface area contributed by atoms with Crippen LogP contribution in [0.4, 0.5) is 0 Å². The summed E-state index contributed by atoms with van der Waals surface area (Å²) in [6, 6.07) is 0. The molecule has 2 heteroatoms. The predicted octanol–water partition coefficient (Wildman–Crippen LogP) is 2.87. The molecule has 1 aliphatic heterocycles. The van der Waals surface area contributed by atoms with Crippen molar-refractivity contribution in [1.29, 1.82) is 0 Å². The number of rotatable bonds is 3. The van der Waals surface area contributed by atoms with Crippen molar-refractivity contribution in [2.45, 2.75) is 32.8 Å². The number of alkyl halides is 1. The van der Waals surface area contributed by atoms with Gasteiger partial charge in [0, 0.05) is 4.43 Å². The Labute approximate surface area is 83.0 Å². The Morgan fingerprint density at radius 1 is 1.64 bits per heavy atom. The van der Waals surface area contributed by atoms with Crippen molar-refractivity contribution < 1.29 is 4.74 Å². The molecule has 3 unspecified atom stereocenters. The first-order valence-corrected chi connectivity index (χ1v) is 5.98. The summed E-state index contributed by atoms with van der Waals surface area (Å²) in [6.45, 7) is 5.61. The molecule has 0 aromatic heterocycles. The Kier molecular flexibility index (Phi) is 4.13. The third-order valence-electron chi connectivity index (χ3n) is 2.73. The van der Waals surface area contributed by atoms with Crippen LogP contribution < -0.4 is 0 Å². The van der Waals surface area contributed by atoms with Crippen LogP contribution in [0.5, 0.6) is 0 Å². The minimum absolute atomic E-state index is 0.551. The topological polar surface area (TPSA) is 9.23 Å². The van der Waals surface area contributed by atoms with Gasteiger partial charge in [0.25, 0.3) is 0 Å². The Morgan fingerprint density at radius 2 is 2.36 bits per heavy atom. The van der Waals surface area contributed by atoms with Gasteiger partial charge >= 0.3 is 0 Å². The maximum Gasteiger partial charge on any atom is 0.0668 e. The lowest BCUT2D eigenvalue weighted by molar-refractivity contribution is 0.120. The van der Waals surface area contributed by atoms with Crippen LogP contribution in [0.1, 0.15) is 26.7 Å². The molecule has 0 amide bonds. The number of hydrogen-bond donors (Lipinski definition) is 0. The molecule has 1 heterocycles. The molecule has 1 fully saturated rings. The van der Waals surface area contributed by atoms with Crippen molar-refractivity contribution in [2.75, 3.05) is 11.0 Å². The van der Waals surface area contributed by atoms with Gasteiger partial charge in [-0.15, -0.1) is 0 Å². The van der Waals surface area contributed by atoms with E-state index in [0.717, 1.165) is 22.9 Å². The average Bonchev–Trinajstić information content (AvgIpc) is 2.50. The number of hydrogen-bond acceptors (Lipinski definition) is 1. The van der Waals surface area contributed by atoms with Crippen molar-refractivity contribution in [2.24, 2.45) is 11.8 Å². The highest BCUT2D eigenvalue weighted by Crippen LogP contribution is 2.28. The van der Waals surface area contributed by atoms with Gasteiger partial charge in [-0.05, 0) is 18.3 Å². The minimum atomic E-state index is 0.551. The van der Waals surface area contributed by atoms with E-state index in [0.29, 0.717) is 6.10 Å². The zero-order chi connectivity index (χ0) is 8.27.